The molecule has 1 heterocycles. The summed E-state index contributed by atoms with van der Waals surface area (Å²) in [6.07, 6.45) is 5.62. The molecule has 0 amide bonds. The molecule has 1 aliphatic rings. The van der Waals surface area contributed by atoms with Crippen molar-refractivity contribution < 1.29 is 0 Å². The Balaban J connectivity index is 1.50. The lowest BCUT2D eigenvalue weighted by atomic mass is 9.92. The number of aromatic nitrogens is 2. The smallest absolute Gasteiger partial charge is 0.0662 e. The van der Waals surface area contributed by atoms with E-state index in [1.807, 2.05) is 0 Å². The Hall–Kier alpha value is -2.39. The second-order valence-corrected chi connectivity index (χ2v) is 6.94. The highest BCUT2D eigenvalue weighted by molar-refractivity contribution is 5.28. The third kappa shape index (κ3) is 3.52. The minimum Gasteiger partial charge on any atom is -0.306 e. The van der Waals surface area contributed by atoms with E-state index in [2.05, 4.69) is 77.7 Å². The summed E-state index contributed by atoms with van der Waals surface area (Å²) >= 11 is 0. The van der Waals surface area contributed by atoms with Crippen LogP contribution in [0.2, 0.25) is 0 Å². The third-order valence-corrected chi connectivity index (χ3v) is 5.24. The van der Waals surface area contributed by atoms with Crippen molar-refractivity contribution >= 4 is 0 Å². The summed E-state index contributed by atoms with van der Waals surface area (Å²) in [6, 6.07) is 19.6. The van der Waals surface area contributed by atoms with E-state index in [0.717, 1.165) is 19.5 Å². The molecule has 0 saturated carbocycles. The molecule has 0 spiro atoms. The van der Waals surface area contributed by atoms with Crippen LogP contribution >= 0.6 is 0 Å². The highest BCUT2D eigenvalue weighted by Gasteiger charge is 2.24. The molecule has 3 nitrogen and oxygen atoms in total. The summed E-state index contributed by atoms with van der Waals surface area (Å²) in [5.74, 6) is 0. The van der Waals surface area contributed by atoms with Crippen LogP contribution in [-0.4, -0.2) is 9.78 Å². The number of fused-ring (bicyclic) bond motifs is 1. The number of nitrogens with zero attached hydrogens (tertiary/aromatic N) is 2. The van der Waals surface area contributed by atoms with Crippen LogP contribution in [0.15, 0.2) is 60.8 Å². The number of nitrogens with one attached hydrogen (secondary N) is 1. The van der Waals surface area contributed by atoms with Crippen molar-refractivity contribution in [2.75, 3.05) is 0 Å². The first kappa shape index (κ1) is 16.1. The van der Waals surface area contributed by atoms with Crippen LogP contribution < -0.4 is 5.32 Å². The quantitative estimate of drug-likeness (QED) is 0.750. The summed E-state index contributed by atoms with van der Waals surface area (Å²) in [6.45, 7) is 3.96. The van der Waals surface area contributed by atoms with E-state index in [0.29, 0.717) is 6.04 Å². The average Bonchev–Trinajstić information content (AvgIpc) is 3.05. The first-order chi connectivity index (χ1) is 12.3. The van der Waals surface area contributed by atoms with Gasteiger partial charge in [0.05, 0.1) is 12.7 Å². The van der Waals surface area contributed by atoms with E-state index < -0.39 is 0 Å². The molecule has 1 N–H and O–H groups in total. The second-order valence-electron chi connectivity index (χ2n) is 6.94. The SMILES string of the molecule is Cc1ccccc1CN[C@@H]1CCCc2c1cnn2Cc1ccccc1. The highest BCUT2D eigenvalue weighted by atomic mass is 15.3. The van der Waals surface area contributed by atoms with Crippen molar-refractivity contribution in [3.05, 3.63) is 88.7 Å². The van der Waals surface area contributed by atoms with E-state index in [1.165, 1.54) is 40.8 Å². The van der Waals surface area contributed by atoms with Crippen molar-refractivity contribution in [3.8, 4) is 0 Å². The lowest BCUT2D eigenvalue weighted by Crippen LogP contribution is -2.25. The molecule has 1 aromatic heterocycles. The maximum absolute atomic E-state index is 4.69. The Kier molecular flexibility index (Phi) is 4.66. The molecule has 1 aliphatic carbocycles. The van der Waals surface area contributed by atoms with E-state index in [1.54, 1.807) is 0 Å². The largest absolute Gasteiger partial charge is 0.306 e. The van der Waals surface area contributed by atoms with Gasteiger partial charge in [0.1, 0.15) is 0 Å². The Bertz CT molecular complexity index is 835. The molecule has 4 rings (SSSR count). The molecule has 3 aromatic rings. The van der Waals surface area contributed by atoms with Gasteiger partial charge in [-0.15, -0.1) is 0 Å². The first-order valence-electron chi connectivity index (χ1n) is 9.17. The van der Waals surface area contributed by atoms with Crippen molar-refractivity contribution in [1.29, 1.82) is 0 Å². The van der Waals surface area contributed by atoms with Gasteiger partial charge in [-0.05, 0) is 42.9 Å². The maximum Gasteiger partial charge on any atom is 0.0662 e. The molecule has 0 saturated heterocycles. The minimum absolute atomic E-state index is 0.410. The average molecular weight is 331 g/mol. The van der Waals surface area contributed by atoms with Crippen LogP contribution in [0.3, 0.4) is 0 Å². The topological polar surface area (TPSA) is 29.9 Å². The fraction of sp³-hybridized carbons (Fsp3) is 0.318. The predicted octanol–water partition coefficient (Wildman–Crippen LogP) is 4.41. The fourth-order valence-corrected chi connectivity index (χ4v) is 3.76. The molecule has 1 atom stereocenters. The Morgan fingerprint density at radius 2 is 1.88 bits per heavy atom. The van der Waals surface area contributed by atoms with Gasteiger partial charge >= 0.3 is 0 Å². The monoisotopic (exact) mass is 331 g/mol. The van der Waals surface area contributed by atoms with Gasteiger partial charge in [0, 0.05) is 23.8 Å². The van der Waals surface area contributed by atoms with Gasteiger partial charge in [-0.1, -0.05) is 54.6 Å². The van der Waals surface area contributed by atoms with E-state index >= 15 is 0 Å². The van der Waals surface area contributed by atoms with Gasteiger partial charge < -0.3 is 5.32 Å². The molecule has 2 aromatic carbocycles. The molecular formula is C22H25N3. The maximum atomic E-state index is 4.69. The summed E-state index contributed by atoms with van der Waals surface area (Å²) in [7, 11) is 0. The van der Waals surface area contributed by atoms with Crippen molar-refractivity contribution in [2.45, 2.75) is 45.3 Å². The molecule has 0 bridgehead atoms. The van der Waals surface area contributed by atoms with Crippen LogP contribution in [0.4, 0.5) is 0 Å². The first-order valence-corrected chi connectivity index (χ1v) is 9.17. The number of hydrogen-bond donors (Lipinski definition) is 1. The van der Waals surface area contributed by atoms with Crippen LogP contribution in [0, 0.1) is 6.92 Å². The van der Waals surface area contributed by atoms with Crippen LogP contribution in [-0.2, 0) is 19.5 Å². The van der Waals surface area contributed by atoms with Gasteiger partial charge in [-0.3, -0.25) is 4.68 Å². The second kappa shape index (κ2) is 7.24. The lowest BCUT2D eigenvalue weighted by Gasteiger charge is -2.25. The number of benzene rings is 2. The summed E-state index contributed by atoms with van der Waals surface area (Å²) in [5, 5.41) is 8.45. The Morgan fingerprint density at radius 1 is 1.08 bits per heavy atom. The normalized spacial score (nSPS) is 16.6. The fourth-order valence-electron chi connectivity index (χ4n) is 3.76. The zero-order valence-electron chi connectivity index (χ0n) is 14.8. The van der Waals surface area contributed by atoms with Crippen molar-refractivity contribution in [2.24, 2.45) is 0 Å². The zero-order valence-corrected chi connectivity index (χ0v) is 14.8. The molecular weight excluding hydrogens is 306 g/mol. The number of hydrogen-bond acceptors (Lipinski definition) is 2. The Morgan fingerprint density at radius 3 is 2.72 bits per heavy atom. The molecule has 0 fully saturated rings. The van der Waals surface area contributed by atoms with E-state index in [9.17, 15) is 0 Å². The van der Waals surface area contributed by atoms with Gasteiger partial charge in [-0.25, -0.2) is 0 Å². The Labute approximate surface area is 149 Å². The third-order valence-electron chi connectivity index (χ3n) is 5.24. The van der Waals surface area contributed by atoms with Gasteiger partial charge in [0.25, 0.3) is 0 Å². The standard InChI is InChI=1S/C22H25N3/c1-17-8-5-6-11-19(17)14-23-21-12-7-13-22-20(21)15-24-25(22)16-18-9-3-2-4-10-18/h2-6,8-11,15,21,23H,7,12-14,16H2,1H3/t21-/m1/s1. The van der Waals surface area contributed by atoms with Crippen molar-refractivity contribution in [1.82, 2.24) is 15.1 Å². The number of aryl methyl sites for hydroxylation is 1. The predicted molar refractivity (Wildman–Crippen MR) is 101 cm³/mol. The lowest BCUT2D eigenvalue weighted by molar-refractivity contribution is 0.449. The van der Waals surface area contributed by atoms with Gasteiger partial charge in [0.15, 0.2) is 0 Å². The molecule has 0 radical (unpaired) electrons. The van der Waals surface area contributed by atoms with Gasteiger partial charge in [-0.2, -0.15) is 5.10 Å². The minimum atomic E-state index is 0.410. The summed E-state index contributed by atoms with van der Waals surface area (Å²) in [5.41, 5.74) is 6.83. The van der Waals surface area contributed by atoms with E-state index in [-0.39, 0.29) is 0 Å². The van der Waals surface area contributed by atoms with Crippen LogP contribution in [0.5, 0.6) is 0 Å². The molecule has 0 unspecified atom stereocenters. The van der Waals surface area contributed by atoms with E-state index in [4.69, 9.17) is 5.10 Å². The molecule has 25 heavy (non-hydrogen) atoms. The van der Waals surface area contributed by atoms with Crippen LogP contribution in [0.25, 0.3) is 0 Å². The number of rotatable bonds is 5. The summed E-state index contributed by atoms with van der Waals surface area (Å²) < 4.78 is 2.19. The molecule has 128 valence electrons. The summed E-state index contributed by atoms with van der Waals surface area (Å²) in [4.78, 5) is 0. The molecule has 0 aliphatic heterocycles. The molecule has 3 heteroatoms. The van der Waals surface area contributed by atoms with Crippen molar-refractivity contribution in [3.63, 3.8) is 0 Å². The van der Waals surface area contributed by atoms with Gasteiger partial charge in [0.2, 0.25) is 0 Å². The van der Waals surface area contributed by atoms with Crippen LogP contribution in [0.1, 0.15) is 46.8 Å². The highest BCUT2D eigenvalue weighted by Crippen LogP contribution is 2.30. The zero-order chi connectivity index (χ0) is 17.1.